The van der Waals surface area contributed by atoms with Crippen molar-refractivity contribution in [2.24, 2.45) is 17.3 Å². The molecule has 0 aliphatic heterocycles. The van der Waals surface area contributed by atoms with Crippen molar-refractivity contribution in [3.8, 4) is 0 Å². The molecule has 0 aromatic rings. The van der Waals surface area contributed by atoms with E-state index < -0.39 is 0 Å². The topological polar surface area (TPSA) is 20.3 Å². The Balaban J connectivity index is 2.66. The van der Waals surface area contributed by atoms with Crippen LogP contribution in [-0.2, 0) is 4.79 Å². The molecule has 0 heterocycles. The Kier molecular flexibility index (Phi) is 6.09. The molecule has 0 aromatic heterocycles. The number of rotatable bonds is 4. The van der Waals surface area contributed by atoms with Crippen LogP contribution >= 0.6 is 0 Å². The minimum atomic E-state index is 0.0827. The predicted molar refractivity (Wildman–Crippen MR) is 86.6 cm³/mol. The number of nitrogens with zero attached hydrogens (tertiary/aromatic N) is 1. The van der Waals surface area contributed by atoms with Crippen LogP contribution in [0.5, 0.6) is 0 Å². The van der Waals surface area contributed by atoms with Gasteiger partial charge in [-0.15, -0.1) is 0 Å². The Hall–Kier alpha value is -0.530. The van der Waals surface area contributed by atoms with E-state index in [1.165, 1.54) is 25.7 Å². The first-order valence-electron chi connectivity index (χ1n) is 8.43. The second kappa shape index (κ2) is 6.95. The van der Waals surface area contributed by atoms with Crippen LogP contribution in [0.1, 0.15) is 80.6 Å². The van der Waals surface area contributed by atoms with Crippen molar-refractivity contribution in [2.45, 2.75) is 92.7 Å². The van der Waals surface area contributed by atoms with E-state index in [2.05, 4.69) is 53.4 Å². The standard InChI is InChI=1S/C18H35NO/c1-13(2)15-8-10-16(11-9-15)19(14(3)4)17(20)12-18(5,6)7/h13-16H,8-12H2,1-7H3. The number of carbonyl (C=O) groups excluding carboxylic acids is 1. The van der Waals surface area contributed by atoms with Gasteiger partial charge >= 0.3 is 0 Å². The van der Waals surface area contributed by atoms with Gasteiger partial charge in [-0.1, -0.05) is 34.6 Å². The fraction of sp³-hybridized carbons (Fsp3) is 0.944. The molecule has 2 nitrogen and oxygen atoms in total. The predicted octanol–water partition coefficient (Wildman–Crippen LogP) is 4.87. The van der Waals surface area contributed by atoms with Gasteiger partial charge in [0.15, 0.2) is 0 Å². The largest absolute Gasteiger partial charge is 0.337 e. The van der Waals surface area contributed by atoms with Crippen molar-refractivity contribution in [1.82, 2.24) is 4.90 Å². The summed E-state index contributed by atoms with van der Waals surface area (Å²) >= 11 is 0. The SMILES string of the molecule is CC(C)C1CCC(N(C(=O)CC(C)(C)C)C(C)C)CC1. The quantitative estimate of drug-likeness (QED) is 0.719. The average Bonchev–Trinajstić information content (AvgIpc) is 2.26. The van der Waals surface area contributed by atoms with Gasteiger partial charge in [-0.2, -0.15) is 0 Å². The van der Waals surface area contributed by atoms with Gasteiger partial charge in [0.25, 0.3) is 0 Å². The van der Waals surface area contributed by atoms with Gasteiger partial charge in [-0.25, -0.2) is 0 Å². The van der Waals surface area contributed by atoms with Crippen LogP contribution in [0.2, 0.25) is 0 Å². The molecule has 1 amide bonds. The molecule has 0 unspecified atom stereocenters. The van der Waals surface area contributed by atoms with Gasteiger partial charge in [0.1, 0.15) is 0 Å². The Bertz CT molecular complexity index is 306. The lowest BCUT2D eigenvalue weighted by atomic mass is 9.78. The highest BCUT2D eigenvalue weighted by Gasteiger charge is 2.32. The van der Waals surface area contributed by atoms with E-state index in [1.54, 1.807) is 0 Å². The second-order valence-electron chi connectivity index (χ2n) is 8.44. The summed E-state index contributed by atoms with van der Waals surface area (Å²) in [4.78, 5) is 14.8. The normalized spacial score (nSPS) is 24.2. The number of carbonyl (C=O) groups is 1. The molecule has 0 atom stereocenters. The molecule has 1 aliphatic carbocycles. The first kappa shape index (κ1) is 17.5. The fourth-order valence-corrected chi connectivity index (χ4v) is 3.50. The van der Waals surface area contributed by atoms with Crippen molar-refractivity contribution in [2.75, 3.05) is 0 Å². The first-order valence-corrected chi connectivity index (χ1v) is 8.43. The average molecular weight is 281 g/mol. The number of amides is 1. The van der Waals surface area contributed by atoms with Gasteiger partial charge in [0.05, 0.1) is 0 Å². The van der Waals surface area contributed by atoms with Crippen LogP contribution in [0.15, 0.2) is 0 Å². The molecule has 118 valence electrons. The lowest BCUT2D eigenvalue weighted by molar-refractivity contribution is -0.138. The van der Waals surface area contributed by atoms with E-state index in [0.29, 0.717) is 24.4 Å². The smallest absolute Gasteiger partial charge is 0.223 e. The molecule has 0 spiro atoms. The summed E-state index contributed by atoms with van der Waals surface area (Å²) in [5.74, 6) is 1.99. The van der Waals surface area contributed by atoms with Crippen molar-refractivity contribution < 1.29 is 4.79 Å². The van der Waals surface area contributed by atoms with Crippen molar-refractivity contribution in [3.63, 3.8) is 0 Å². The van der Waals surface area contributed by atoms with E-state index in [-0.39, 0.29) is 5.41 Å². The van der Waals surface area contributed by atoms with Crippen LogP contribution in [-0.4, -0.2) is 22.9 Å². The third-order valence-corrected chi connectivity index (χ3v) is 4.60. The highest BCUT2D eigenvalue weighted by atomic mass is 16.2. The minimum absolute atomic E-state index is 0.0827. The van der Waals surface area contributed by atoms with Gasteiger partial charge in [0, 0.05) is 18.5 Å². The molecule has 0 radical (unpaired) electrons. The summed E-state index contributed by atoms with van der Waals surface area (Å²) in [6, 6.07) is 0.797. The van der Waals surface area contributed by atoms with Gasteiger partial charge < -0.3 is 4.90 Å². The molecular formula is C18H35NO. The molecule has 0 bridgehead atoms. The van der Waals surface area contributed by atoms with Crippen molar-refractivity contribution in [3.05, 3.63) is 0 Å². The van der Waals surface area contributed by atoms with Crippen molar-refractivity contribution >= 4 is 5.91 Å². The van der Waals surface area contributed by atoms with Gasteiger partial charge in [0.2, 0.25) is 5.91 Å². The summed E-state index contributed by atoms with van der Waals surface area (Å²) in [5, 5.41) is 0. The van der Waals surface area contributed by atoms with E-state index in [4.69, 9.17) is 0 Å². The summed E-state index contributed by atoms with van der Waals surface area (Å²) in [6.45, 7) is 15.4. The molecule has 20 heavy (non-hydrogen) atoms. The molecular weight excluding hydrogens is 246 g/mol. The van der Waals surface area contributed by atoms with E-state index >= 15 is 0 Å². The maximum absolute atomic E-state index is 12.6. The zero-order chi connectivity index (χ0) is 15.5. The Morgan fingerprint density at radius 1 is 1.05 bits per heavy atom. The Labute approximate surface area is 126 Å². The maximum Gasteiger partial charge on any atom is 0.223 e. The first-order chi connectivity index (χ1) is 9.11. The molecule has 1 aliphatic rings. The highest BCUT2D eigenvalue weighted by molar-refractivity contribution is 5.77. The van der Waals surface area contributed by atoms with E-state index in [9.17, 15) is 4.79 Å². The third kappa shape index (κ3) is 5.10. The summed E-state index contributed by atoms with van der Waals surface area (Å²) < 4.78 is 0. The van der Waals surface area contributed by atoms with E-state index in [0.717, 1.165) is 11.8 Å². The Morgan fingerprint density at radius 2 is 1.55 bits per heavy atom. The molecule has 0 saturated heterocycles. The van der Waals surface area contributed by atoms with Crippen molar-refractivity contribution in [1.29, 1.82) is 0 Å². The highest BCUT2D eigenvalue weighted by Crippen LogP contribution is 2.34. The number of hydrogen-bond donors (Lipinski definition) is 0. The van der Waals surface area contributed by atoms with Gasteiger partial charge in [-0.05, 0) is 56.8 Å². The van der Waals surface area contributed by atoms with Gasteiger partial charge in [-0.3, -0.25) is 4.79 Å². The monoisotopic (exact) mass is 281 g/mol. The summed E-state index contributed by atoms with van der Waals surface area (Å²) in [5.41, 5.74) is 0.0827. The minimum Gasteiger partial charge on any atom is -0.337 e. The Morgan fingerprint density at radius 3 is 1.90 bits per heavy atom. The lowest BCUT2D eigenvalue weighted by Crippen LogP contribution is -2.47. The zero-order valence-electron chi connectivity index (χ0n) is 14.7. The molecule has 0 aromatic carbocycles. The third-order valence-electron chi connectivity index (χ3n) is 4.60. The second-order valence-corrected chi connectivity index (χ2v) is 8.44. The molecule has 0 N–H and O–H groups in total. The molecule has 1 rings (SSSR count). The summed E-state index contributed by atoms with van der Waals surface area (Å²) in [7, 11) is 0. The van der Waals surface area contributed by atoms with Crippen LogP contribution in [0.3, 0.4) is 0 Å². The lowest BCUT2D eigenvalue weighted by Gasteiger charge is -2.41. The molecule has 1 fully saturated rings. The molecule has 2 heteroatoms. The number of hydrogen-bond acceptors (Lipinski definition) is 1. The fourth-order valence-electron chi connectivity index (χ4n) is 3.50. The summed E-state index contributed by atoms with van der Waals surface area (Å²) in [6.07, 6.45) is 5.62. The maximum atomic E-state index is 12.6. The van der Waals surface area contributed by atoms with Crippen LogP contribution < -0.4 is 0 Å². The van der Waals surface area contributed by atoms with Crippen LogP contribution in [0, 0.1) is 17.3 Å². The van der Waals surface area contributed by atoms with E-state index in [1.807, 2.05) is 0 Å². The molecule has 1 saturated carbocycles. The van der Waals surface area contributed by atoms with Crippen LogP contribution in [0.4, 0.5) is 0 Å². The zero-order valence-corrected chi connectivity index (χ0v) is 14.7. The van der Waals surface area contributed by atoms with Crippen LogP contribution in [0.25, 0.3) is 0 Å².